The van der Waals surface area contributed by atoms with Gasteiger partial charge in [0, 0.05) is 6.20 Å². The molecule has 0 bridgehead atoms. The number of carbonyl (C=O) groups excluding carboxylic acids is 1. The highest BCUT2D eigenvalue weighted by Crippen LogP contribution is 2.20. The highest BCUT2D eigenvalue weighted by molar-refractivity contribution is 7.73. The number of nitrogens with one attached hydrogen (secondary N) is 1. The van der Waals surface area contributed by atoms with Crippen LogP contribution in [0.4, 0.5) is 0 Å². The molecule has 5 heteroatoms. The molecule has 1 aliphatic heterocycles. The van der Waals surface area contributed by atoms with Gasteiger partial charge in [-0.25, -0.2) is 0 Å². The van der Waals surface area contributed by atoms with Gasteiger partial charge in [-0.2, -0.15) is 8.42 Å². The maximum Gasteiger partial charge on any atom is 0.236 e. The van der Waals surface area contributed by atoms with Crippen LogP contribution in [-0.2, 0) is 15.1 Å². The lowest BCUT2D eigenvalue weighted by Gasteiger charge is -2.17. The number of allylic oxidation sites excluding steroid dienone is 1. The summed E-state index contributed by atoms with van der Waals surface area (Å²) in [7, 11) is -2.38. The van der Waals surface area contributed by atoms with E-state index in [0.717, 1.165) is 0 Å². The van der Waals surface area contributed by atoms with Crippen LogP contribution in [-0.4, -0.2) is 19.2 Å². The summed E-state index contributed by atoms with van der Waals surface area (Å²) >= 11 is 0. The van der Waals surface area contributed by atoms with Crippen LogP contribution in [0.1, 0.15) is 11.5 Å². The van der Waals surface area contributed by atoms with Crippen LogP contribution in [0.5, 0.6) is 0 Å². The summed E-state index contributed by atoms with van der Waals surface area (Å²) in [5.74, 6) is -1.07. The zero-order valence-electron chi connectivity index (χ0n) is 8.25. The molecule has 1 aliphatic rings. The minimum atomic E-state index is -2.38. The Balaban J connectivity index is 2.58. The molecule has 0 fully saturated rings. The van der Waals surface area contributed by atoms with E-state index in [2.05, 4.69) is 5.32 Å². The van der Waals surface area contributed by atoms with Gasteiger partial charge >= 0.3 is 0 Å². The van der Waals surface area contributed by atoms with E-state index in [1.54, 1.807) is 24.3 Å². The second-order valence-electron chi connectivity index (χ2n) is 3.32. The lowest BCUT2D eigenvalue weighted by atomic mass is 9.93. The first-order valence-electron chi connectivity index (χ1n) is 4.68. The summed E-state index contributed by atoms with van der Waals surface area (Å²) in [6.45, 7) is 0. The fraction of sp³-hybridized carbons (Fsp3) is 0.0909. The third kappa shape index (κ3) is 1.90. The molecule has 1 amide bonds. The summed E-state index contributed by atoms with van der Waals surface area (Å²) in [5, 5.41) is 2.50. The second kappa shape index (κ2) is 4.32. The van der Waals surface area contributed by atoms with E-state index in [9.17, 15) is 13.2 Å². The van der Waals surface area contributed by atoms with Gasteiger partial charge in [-0.15, -0.1) is 0 Å². The lowest BCUT2D eigenvalue weighted by Crippen LogP contribution is -2.34. The summed E-state index contributed by atoms with van der Waals surface area (Å²) in [5.41, 5.74) is 0.670. The Labute approximate surface area is 94.1 Å². The van der Waals surface area contributed by atoms with Crippen molar-refractivity contribution >= 4 is 21.1 Å². The Morgan fingerprint density at radius 1 is 1.12 bits per heavy atom. The van der Waals surface area contributed by atoms with Gasteiger partial charge in [0.15, 0.2) is 0 Å². The standard InChI is InChI=1S/C11H9NO3S/c13-11-10(8-4-2-1-3-5-8)9(16(14)15)6-7-12-11/h1-7,10H,(H,12,13). The molecule has 1 heterocycles. The monoisotopic (exact) mass is 235 g/mol. The van der Waals surface area contributed by atoms with E-state index in [1.807, 2.05) is 6.07 Å². The molecule has 1 aromatic rings. The van der Waals surface area contributed by atoms with Crippen molar-refractivity contribution in [2.75, 3.05) is 0 Å². The van der Waals surface area contributed by atoms with E-state index in [4.69, 9.17) is 0 Å². The third-order valence-electron chi connectivity index (χ3n) is 2.35. The smallest absolute Gasteiger partial charge is 0.236 e. The number of carbonyl (C=O) groups is 1. The molecule has 0 spiro atoms. The Bertz CT molecular complexity index is 565. The number of hydrogen-bond donors (Lipinski definition) is 1. The zero-order chi connectivity index (χ0) is 11.5. The van der Waals surface area contributed by atoms with E-state index in [1.165, 1.54) is 12.3 Å². The molecule has 0 radical (unpaired) electrons. The fourth-order valence-corrected chi connectivity index (χ4v) is 2.24. The second-order valence-corrected chi connectivity index (χ2v) is 4.26. The molecule has 0 aliphatic carbocycles. The van der Waals surface area contributed by atoms with Crippen molar-refractivity contribution in [3.63, 3.8) is 0 Å². The Morgan fingerprint density at radius 2 is 1.81 bits per heavy atom. The summed E-state index contributed by atoms with van der Waals surface area (Å²) in [6.07, 6.45) is 2.75. The fourth-order valence-electron chi connectivity index (χ4n) is 1.63. The van der Waals surface area contributed by atoms with Crippen molar-refractivity contribution in [2.24, 2.45) is 0 Å². The van der Waals surface area contributed by atoms with Crippen LogP contribution in [0.3, 0.4) is 0 Å². The molecule has 1 N–H and O–H groups in total. The molecule has 4 nitrogen and oxygen atoms in total. The molecule has 1 unspecified atom stereocenters. The van der Waals surface area contributed by atoms with Gasteiger partial charge in [-0.05, 0) is 11.6 Å². The normalized spacial score (nSPS) is 19.4. The molecular formula is C11H9NO3S. The molecule has 0 saturated heterocycles. The van der Waals surface area contributed by atoms with E-state index in [0.29, 0.717) is 5.56 Å². The highest BCUT2D eigenvalue weighted by Gasteiger charge is 2.27. The van der Waals surface area contributed by atoms with E-state index in [-0.39, 0.29) is 10.8 Å². The number of benzene rings is 1. The molecule has 2 rings (SSSR count). The van der Waals surface area contributed by atoms with Crippen LogP contribution < -0.4 is 5.32 Å². The van der Waals surface area contributed by atoms with Crippen molar-refractivity contribution in [1.29, 1.82) is 0 Å². The summed E-state index contributed by atoms with van der Waals surface area (Å²) < 4.78 is 22.0. The Hall–Kier alpha value is -1.88. The van der Waals surface area contributed by atoms with Gasteiger partial charge < -0.3 is 5.32 Å². The quantitative estimate of drug-likeness (QED) is 0.719. The lowest BCUT2D eigenvalue weighted by molar-refractivity contribution is -0.120. The van der Waals surface area contributed by atoms with Crippen LogP contribution in [0, 0.1) is 0 Å². The van der Waals surface area contributed by atoms with E-state index >= 15 is 0 Å². The summed E-state index contributed by atoms with van der Waals surface area (Å²) in [4.78, 5) is 11.7. The number of hydrogen-bond acceptors (Lipinski definition) is 3. The average molecular weight is 235 g/mol. The minimum Gasteiger partial charge on any atom is -0.332 e. The molecule has 1 atom stereocenters. The Kier molecular flexibility index (Phi) is 2.87. The number of amides is 1. The number of rotatable bonds is 1. The van der Waals surface area contributed by atoms with Crippen molar-refractivity contribution < 1.29 is 13.2 Å². The van der Waals surface area contributed by atoms with Crippen LogP contribution >= 0.6 is 0 Å². The van der Waals surface area contributed by atoms with Crippen LogP contribution in [0.15, 0.2) is 42.6 Å². The molecule has 1 aromatic carbocycles. The average Bonchev–Trinajstić information content (AvgIpc) is 2.29. The van der Waals surface area contributed by atoms with Crippen LogP contribution in [0.25, 0.3) is 0 Å². The molecular weight excluding hydrogens is 226 g/mol. The van der Waals surface area contributed by atoms with Crippen molar-refractivity contribution in [3.05, 3.63) is 48.2 Å². The molecule has 0 saturated carbocycles. The predicted molar refractivity (Wildman–Crippen MR) is 60.4 cm³/mol. The topological polar surface area (TPSA) is 63.2 Å². The molecule has 16 heavy (non-hydrogen) atoms. The SMILES string of the molecule is O=C1NC=CC(=S(=O)=O)C1c1ccccc1. The van der Waals surface area contributed by atoms with Crippen molar-refractivity contribution in [1.82, 2.24) is 5.32 Å². The van der Waals surface area contributed by atoms with Gasteiger partial charge in [0.2, 0.25) is 16.2 Å². The first kappa shape index (κ1) is 10.6. The zero-order valence-corrected chi connectivity index (χ0v) is 9.07. The molecule has 0 aromatic heterocycles. The van der Waals surface area contributed by atoms with Crippen LogP contribution in [0.2, 0.25) is 0 Å². The van der Waals surface area contributed by atoms with E-state index < -0.39 is 16.2 Å². The predicted octanol–water partition coefficient (Wildman–Crippen LogP) is 0.465. The van der Waals surface area contributed by atoms with Gasteiger partial charge in [-0.3, -0.25) is 4.79 Å². The van der Waals surface area contributed by atoms with Gasteiger partial charge in [0.05, 0.1) is 4.86 Å². The molecule has 82 valence electrons. The van der Waals surface area contributed by atoms with Crippen molar-refractivity contribution in [2.45, 2.75) is 5.92 Å². The largest absolute Gasteiger partial charge is 0.332 e. The van der Waals surface area contributed by atoms with Gasteiger partial charge in [-0.1, -0.05) is 30.3 Å². The van der Waals surface area contributed by atoms with Gasteiger partial charge in [0.25, 0.3) is 0 Å². The first-order chi connectivity index (χ1) is 7.70. The van der Waals surface area contributed by atoms with Crippen molar-refractivity contribution in [3.8, 4) is 0 Å². The van der Waals surface area contributed by atoms with Gasteiger partial charge in [0.1, 0.15) is 5.92 Å². The minimum absolute atomic E-state index is 0.0925. The third-order valence-corrected chi connectivity index (χ3v) is 3.10. The maximum absolute atomic E-state index is 11.7. The Morgan fingerprint density at radius 3 is 2.44 bits per heavy atom. The maximum atomic E-state index is 11.7. The highest BCUT2D eigenvalue weighted by atomic mass is 32.2. The first-order valence-corrected chi connectivity index (χ1v) is 5.75. The summed E-state index contributed by atoms with van der Waals surface area (Å²) in [6, 6.07) is 8.82.